The van der Waals surface area contributed by atoms with E-state index in [4.69, 9.17) is 16.3 Å². The Labute approximate surface area is 176 Å². The molecule has 0 atom stereocenters. The second-order valence-electron chi connectivity index (χ2n) is 6.55. The highest BCUT2D eigenvalue weighted by molar-refractivity contribution is 6.31. The number of amides is 2. The average Bonchev–Trinajstić information content (AvgIpc) is 2.70. The fourth-order valence-electron chi connectivity index (χ4n) is 2.40. The number of ether oxygens (including phenoxy) is 1. The van der Waals surface area contributed by atoms with Gasteiger partial charge in [-0.15, -0.1) is 0 Å². The van der Waals surface area contributed by atoms with Gasteiger partial charge in [-0.25, -0.2) is 5.43 Å². The molecule has 0 radical (unpaired) electrons. The van der Waals surface area contributed by atoms with Gasteiger partial charge in [0.2, 0.25) is 11.8 Å². The highest BCUT2D eigenvalue weighted by atomic mass is 35.5. The summed E-state index contributed by atoms with van der Waals surface area (Å²) < 4.78 is 5.72. The molecule has 29 heavy (non-hydrogen) atoms. The molecule has 0 saturated carbocycles. The Bertz CT molecular complexity index is 868. The Hall–Kier alpha value is -2.86. The monoisotopic (exact) mass is 415 g/mol. The number of unbranched alkanes of at least 4 members (excludes halogenated alkanes) is 1. The van der Waals surface area contributed by atoms with Gasteiger partial charge in [-0.2, -0.15) is 5.10 Å². The maximum atomic E-state index is 12.0. The number of benzene rings is 2. The summed E-state index contributed by atoms with van der Waals surface area (Å²) in [5.41, 5.74) is 4.74. The molecule has 0 unspecified atom stereocenters. The molecule has 6 nitrogen and oxygen atoms in total. The topological polar surface area (TPSA) is 79.8 Å². The number of aryl methyl sites for hydroxylation is 1. The van der Waals surface area contributed by atoms with Gasteiger partial charge in [-0.1, -0.05) is 43.1 Å². The third-order valence-electron chi connectivity index (χ3n) is 4.10. The average molecular weight is 416 g/mol. The van der Waals surface area contributed by atoms with Gasteiger partial charge >= 0.3 is 0 Å². The number of hydrazone groups is 1. The zero-order valence-corrected chi connectivity index (χ0v) is 17.5. The molecule has 0 fully saturated rings. The number of hydrogen-bond donors (Lipinski definition) is 2. The first-order valence-corrected chi connectivity index (χ1v) is 9.97. The summed E-state index contributed by atoms with van der Waals surface area (Å²) in [5.74, 6) is 0.108. The van der Waals surface area contributed by atoms with Crippen LogP contribution in [-0.2, 0) is 9.59 Å². The van der Waals surface area contributed by atoms with Crippen LogP contribution in [0.3, 0.4) is 0 Å². The van der Waals surface area contributed by atoms with E-state index in [1.807, 2.05) is 37.3 Å². The summed E-state index contributed by atoms with van der Waals surface area (Å²) in [6, 6.07) is 12.7. The number of anilines is 1. The van der Waals surface area contributed by atoms with Crippen molar-refractivity contribution in [3.63, 3.8) is 0 Å². The van der Waals surface area contributed by atoms with Crippen LogP contribution in [0, 0.1) is 6.92 Å². The van der Waals surface area contributed by atoms with E-state index in [0.29, 0.717) is 17.3 Å². The predicted molar refractivity (Wildman–Crippen MR) is 117 cm³/mol. The summed E-state index contributed by atoms with van der Waals surface area (Å²) in [6.45, 7) is 4.62. The summed E-state index contributed by atoms with van der Waals surface area (Å²) in [6.07, 6.45) is 3.63. The molecule has 7 heteroatoms. The van der Waals surface area contributed by atoms with Crippen molar-refractivity contribution in [2.75, 3.05) is 11.9 Å². The van der Waals surface area contributed by atoms with Crippen molar-refractivity contribution in [2.24, 2.45) is 5.10 Å². The predicted octanol–water partition coefficient (Wildman–Crippen LogP) is 4.70. The summed E-state index contributed by atoms with van der Waals surface area (Å²) in [4.78, 5) is 23.9. The van der Waals surface area contributed by atoms with Crippen LogP contribution in [0.5, 0.6) is 5.75 Å². The maximum absolute atomic E-state index is 12.0. The number of carbonyl (C=O) groups is 2. The minimum atomic E-state index is -0.345. The Kier molecular flexibility index (Phi) is 9.18. The number of para-hydroxylation sites is 1. The quantitative estimate of drug-likeness (QED) is 0.335. The molecule has 0 heterocycles. The molecule has 0 bridgehead atoms. The smallest absolute Gasteiger partial charge is 0.240 e. The van der Waals surface area contributed by atoms with Crippen molar-refractivity contribution in [1.82, 2.24) is 5.43 Å². The Morgan fingerprint density at radius 3 is 2.66 bits per heavy atom. The third kappa shape index (κ3) is 7.95. The normalized spacial score (nSPS) is 10.7. The number of hydrogen-bond acceptors (Lipinski definition) is 4. The van der Waals surface area contributed by atoms with Gasteiger partial charge in [-0.3, -0.25) is 9.59 Å². The molecule has 0 aliphatic carbocycles. The van der Waals surface area contributed by atoms with Crippen LogP contribution < -0.4 is 15.5 Å². The van der Waals surface area contributed by atoms with E-state index in [1.54, 1.807) is 12.1 Å². The van der Waals surface area contributed by atoms with Crippen LogP contribution in [0.2, 0.25) is 5.02 Å². The van der Waals surface area contributed by atoms with Crippen LogP contribution in [0.1, 0.15) is 43.7 Å². The molecule has 0 saturated heterocycles. The lowest BCUT2D eigenvalue weighted by Crippen LogP contribution is -2.20. The number of halogens is 1. The Morgan fingerprint density at radius 2 is 1.90 bits per heavy atom. The lowest BCUT2D eigenvalue weighted by molar-refractivity contribution is -0.124. The van der Waals surface area contributed by atoms with Crippen molar-refractivity contribution < 1.29 is 14.3 Å². The summed E-state index contributed by atoms with van der Waals surface area (Å²) >= 11 is 6.04. The molecule has 0 spiro atoms. The van der Waals surface area contributed by atoms with E-state index in [1.165, 1.54) is 6.21 Å². The van der Waals surface area contributed by atoms with E-state index in [9.17, 15) is 9.59 Å². The third-order valence-corrected chi connectivity index (χ3v) is 4.51. The van der Waals surface area contributed by atoms with E-state index in [-0.39, 0.29) is 24.7 Å². The lowest BCUT2D eigenvalue weighted by atomic mass is 10.2. The van der Waals surface area contributed by atoms with Crippen molar-refractivity contribution in [2.45, 2.75) is 39.5 Å². The molecule has 2 aromatic rings. The van der Waals surface area contributed by atoms with Gasteiger partial charge in [0.15, 0.2) is 0 Å². The van der Waals surface area contributed by atoms with E-state index >= 15 is 0 Å². The largest absolute Gasteiger partial charge is 0.493 e. The first-order chi connectivity index (χ1) is 14.0. The van der Waals surface area contributed by atoms with E-state index in [2.05, 4.69) is 22.8 Å². The van der Waals surface area contributed by atoms with Gasteiger partial charge in [0.25, 0.3) is 0 Å². The van der Waals surface area contributed by atoms with E-state index in [0.717, 1.165) is 29.7 Å². The fraction of sp³-hybridized carbons (Fsp3) is 0.318. The minimum Gasteiger partial charge on any atom is -0.493 e. The molecule has 2 aromatic carbocycles. The highest BCUT2D eigenvalue weighted by Crippen LogP contribution is 2.20. The van der Waals surface area contributed by atoms with Crippen molar-refractivity contribution in [1.29, 1.82) is 0 Å². The van der Waals surface area contributed by atoms with Crippen LogP contribution in [0.25, 0.3) is 0 Å². The molecule has 2 amide bonds. The van der Waals surface area contributed by atoms with Crippen LogP contribution in [0.4, 0.5) is 5.69 Å². The Morgan fingerprint density at radius 1 is 1.14 bits per heavy atom. The van der Waals surface area contributed by atoms with Crippen molar-refractivity contribution in [3.05, 3.63) is 58.6 Å². The highest BCUT2D eigenvalue weighted by Gasteiger charge is 2.08. The standard InChI is InChI=1S/C22H26ClN3O3/c1-3-4-13-29-20-8-6-5-7-17(20)15-24-26-22(28)12-11-21(27)25-18-10-9-16(2)19(23)14-18/h5-10,14-15H,3-4,11-13H2,1-2H3,(H,25,27)(H,26,28). The van der Waals surface area contributed by atoms with Crippen LogP contribution in [-0.4, -0.2) is 24.6 Å². The molecular formula is C22H26ClN3O3. The second kappa shape index (κ2) is 11.9. The zero-order chi connectivity index (χ0) is 21.1. The lowest BCUT2D eigenvalue weighted by Gasteiger charge is -2.08. The number of nitrogens with zero attached hydrogens (tertiary/aromatic N) is 1. The van der Waals surface area contributed by atoms with Crippen molar-refractivity contribution in [3.8, 4) is 5.75 Å². The second-order valence-corrected chi connectivity index (χ2v) is 6.95. The van der Waals surface area contributed by atoms with Crippen molar-refractivity contribution >= 4 is 35.3 Å². The first-order valence-electron chi connectivity index (χ1n) is 9.59. The van der Waals surface area contributed by atoms with Gasteiger partial charge < -0.3 is 10.1 Å². The number of nitrogens with one attached hydrogen (secondary N) is 2. The SMILES string of the molecule is CCCCOc1ccccc1C=NNC(=O)CCC(=O)Nc1ccc(C)c(Cl)c1. The summed E-state index contributed by atoms with van der Waals surface area (Å²) in [5, 5.41) is 7.26. The molecule has 154 valence electrons. The van der Waals surface area contributed by atoms with Gasteiger partial charge in [0.1, 0.15) is 5.75 Å². The molecule has 2 rings (SSSR count). The molecular weight excluding hydrogens is 390 g/mol. The minimum absolute atomic E-state index is 0.0252. The van der Waals surface area contributed by atoms with Crippen LogP contribution >= 0.6 is 11.6 Å². The number of carbonyl (C=O) groups excluding carboxylic acids is 2. The molecule has 0 aliphatic heterocycles. The van der Waals surface area contributed by atoms with Gasteiger partial charge in [0, 0.05) is 29.1 Å². The fourth-order valence-corrected chi connectivity index (χ4v) is 2.58. The zero-order valence-electron chi connectivity index (χ0n) is 16.7. The molecule has 2 N–H and O–H groups in total. The molecule has 0 aliphatic rings. The Balaban J connectivity index is 1.78. The van der Waals surface area contributed by atoms with E-state index < -0.39 is 0 Å². The van der Waals surface area contributed by atoms with Gasteiger partial charge in [-0.05, 0) is 43.2 Å². The maximum Gasteiger partial charge on any atom is 0.240 e. The molecule has 0 aromatic heterocycles. The summed E-state index contributed by atoms with van der Waals surface area (Å²) in [7, 11) is 0. The van der Waals surface area contributed by atoms with Crippen LogP contribution in [0.15, 0.2) is 47.6 Å². The number of rotatable bonds is 10. The van der Waals surface area contributed by atoms with Gasteiger partial charge in [0.05, 0.1) is 12.8 Å². The first kappa shape index (κ1) is 22.4.